The summed E-state index contributed by atoms with van der Waals surface area (Å²) in [6.45, 7) is 5.03. The minimum atomic E-state index is -0.873. The third-order valence-electron chi connectivity index (χ3n) is 2.02. The van der Waals surface area contributed by atoms with Gasteiger partial charge in [0.1, 0.15) is 11.4 Å². The van der Waals surface area contributed by atoms with Crippen LogP contribution in [0.25, 0.3) is 0 Å². The predicted molar refractivity (Wildman–Crippen MR) is 65.4 cm³/mol. The maximum absolute atomic E-state index is 14.0. The number of oxime groups is 1. The number of nitrogen functional groups attached to an aromatic ring is 1. The molecule has 98 valence electrons. The number of halogens is 1. The van der Waals surface area contributed by atoms with Gasteiger partial charge in [-0.05, 0) is 32.9 Å². The Morgan fingerprint density at radius 1 is 1.50 bits per heavy atom. The van der Waals surface area contributed by atoms with E-state index in [0.29, 0.717) is 0 Å². The van der Waals surface area contributed by atoms with Gasteiger partial charge in [0.2, 0.25) is 0 Å². The third kappa shape index (κ3) is 3.19. The van der Waals surface area contributed by atoms with Gasteiger partial charge in [-0.1, -0.05) is 5.16 Å². The molecule has 0 unspecified atom stereocenters. The van der Waals surface area contributed by atoms with Crippen LogP contribution in [0.3, 0.4) is 0 Å². The van der Waals surface area contributed by atoms with Crippen molar-refractivity contribution in [1.82, 2.24) is 0 Å². The molecule has 0 aliphatic heterocycles. The number of hydrogen-bond acceptors (Lipinski definition) is 5. The molecule has 6 heteroatoms. The Morgan fingerprint density at radius 3 is 2.61 bits per heavy atom. The van der Waals surface area contributed by atoms with Crippen LogP contribution in [0.2, 0.25) is 0 Å². The second-order valence-electron chi connectivity index (χ2n) is 4.68. The van der Waals surface area contributed by atoms with Crippen LogP contribution in [-0.4, -0.2) is 23.0 Å². The molecule has 0 atom stereocenters. The molecule has 0 heterocycles. The van der Waals surface area contributed by atoms with Gasteiger partial charge in [-0.3, -0.25) is 0 Å². The molecule has 0 saturated heterocycles. The number of carbonyl (C=O) groups excluding carboxylic acids is 1. The second-order valence-corrected chi connectivity index (χ2v) is 4.68. The standard InChI is InChI=1S/C12H15FN2O3/c1-12(2,3)18-11(16)7-4-5-9(14)8(6-15-17)10(7)13/h4-6,17H,14H2,1-3H3. The molecule has 5 nitrogen and oxygen atoms in total. The maximum atomic E-state index is 14.0. The van der Waals surface area contributed by atoms with Crippen molar-refractivity contribution in [1.29, 1.82) is 0 Å². The number of hydrogen-bond donors (Lipinski definition) is 2. The monoisotopic (exact) mass is 254 g/mol. The van der Waals surface area contributed by atoms with Crippen molar-refractivity contribution in [2.75, 3.05) is 5.73 Å². The van der Waals surface area contributed by atoms with Gasteiger partial charge in [0, 0.05) is 5.69 Å². The SMILES string of the molecule is CC(C)(C)OC(=O)c1ccc(N)c(C=NO)c1F. The van der Waals surface area contributed by atoms with Gasteiger partial charge >= 0.3 is 5.97 Å². The number of rotatable bonds is 2. The smallest absolute Gasteiger partial charge is 0.341 e. The average molecular weight is 254 g/mol. The first-order valence-corrected chi connectivity index (χ1v) is 5.25. The fraction of sp³-hybridized carbons (Fsp3) is 0.333. The van der Waals surface area contributed by atoms with Gasteiger partial charge in [-0.2, -0.15) is 0 Å². The Balaban J connectivity index is 3.19. The van der Waals surface area contributed by atoms with E-state index >= 15 is 0 Å². The largest absolute Gasteiger partial charge is 0.456 e. The molecule has 0 aliphatic rings. The summed E-state index contributed by atoms with van der Waals surface area (Å²) in [6.07, 6.45) is 0.832. The molecule has 0 aliphatic carbocycles. The Labute approximate surface area is 104 Å². The van der Waals surface area contributed by atoms with Crippen molar-refractivity contribution in [3.05, 3.63) is 29.1 Å². The number of ether oxygens (including phenoxy) is 1. The summed E-state index contributed by atoms with van der Waals surface area (Å²) >= 11 is 0. The van der Waals surface area contributed by atoms with E-state index in [4.69, 9.17) is 15.7 Å². The van der Waals surface area contributed by atoms with Gasteiger partial charge in [0.15, 0.2) is 0 Å². The molecule has 0 aromatic heterocycles. The summed E-state index contributed by atoms with van der Waals surface area (Å²) in [7, 11) is 0. The fourth-order valence-corrected chi connectivity index (χ4v) is 1.29. The molecule has 1 aromatic rings. The van der Waals surface area contributed by atoms with Crippen molar-refractivity contribution in [3.63, 3.8) is 0 Å². The van der Waals surface area contributed by atoms with Gasteiger partial charge < -0.3 is 15.7 Å². The Hall–Kier alpha value is -2.11. The molecule has 0 amide bonds. The summed E-state index contributed by atoms with van der Waals surface area (Å²) < 4.78 is 19.0. The van der Waals surface area contributed by atoms with Crippen LogP contribution in [0.1, 0.15) is 36.7 Å². The average Bonchev–Trinajstić information content (AvgIpc) is 2.21. The minimum absolute atomic E-state index is 0.0672. The van der Waals surface area contributed by atoms with Crippen molar-refractivity contribution in [3.8, 4) is 0 Å². The lowest BCUT2D eigenvalue weighted by atomic mass is 10.1. The first kappa shape index (κ1) is 14.0. The quantitative estimate of drug-likeness (QED) is 0.278. The lowest BCUT2D eigenvalue weighted by Crippen LogP contribution is -2.24. The van der Waals surface area contributed by atoms with Crippen LogP contribution < -0.4 is 5.73 Å². The van der Waals surface area contributed by atoms with Crippen LogP contribution in [0.5, 0.6) is 0 Å². The van der Waals surface area contributed by atoms with E-state index in [1.165, 1.54) is 12.1 Å². The highest BCUT2D eigenvalue weighted by molar-refractivity contribution is 5.95. The van der Waals surface area contributed by atoms with Gasteiger partial charge in [0.05, 0.1) is 17.3 Å². The first-order valence-electron chi connectivity index (χ1n) is 5.25. The molecule has 1 rings (SSSR count). The fourth-order valence-electron chi connectivity index (χ4n) is 1.29. The van der Waals surface area contributed by atoms with E-state index in [0.717, 1.165) is 6.21 Å². The second kappa shape index (κ2) is 5.03. The lowest BCUT2D eigenvalue weighted by molar-refractivity contribution is 0.00647. The van der Waals surface area contributed by atoms with Crippen molar-refractivity contribution >= 4 is 17.9 Å². The van der Waals surface area contributed by atoms with Crippen LogP contribution in [-0.2, 0) is 4.74 Å². The zero-order chi connectivity index (χ0) is 13.9. The zero-order valence-corrected chi connectivity index (χ0v) is 10.4. The first-order chi connectivity index (χ1) is 8.26. The number of nitrogens with two attached hydrogens (primary N) is 1. The van der Waals surface area contributed by atoms with Crippen LogP contribution in [0.4, 0.5) is 10.1 Å². The van der Waals surface area contributed by atoms with Gasteiger partial charge in [0.25, 0.3) is 0 Å². The van der Waals surface area contributed by atoms with E-state index in [2.05, 4.69) is 5.16 Å². The summed E-state index contributed by atoms with van der Waals surface area (Å²) in [4.78, 5) is 11.7. The maximum Gasteiger partial charge on any atom is 0.341 e. The predicted octanol–water partition coefficient (Wildman–Crippen LogP) is 2.17. The molecule has 0 spiro atoms. The Kier molecular flexibility index (Phi) is 3.90. The number of nitrogens with zero attached hydrogens (tertiary/aromatic N) is 1. The summed E-state index contributed by atoms with van der Waals surface area (Å²) in [5, 5.41) is 11.1. The van der Waals surface area contributed by atoms with E-state index in [1.807, 2.05) is 0 Å². The zero-order valence-electron chi connectivity index (χ0n) is 10.4. The van der Waals surface area contributed by atoms with Crippen molar-refractivity contribution < 1.29 is 19.1 Å². The topological polar surface area (TPSA) is 84.9 Å². The Bertz CT molecular complexity index is 493. The number of carbonyl (C=O) groups is 1. The molecule has 0 saturated carbocycles. The highest BCUT2D eigenvalue weighted by Crippen LogP contribution is 2.21. The van der Waals surface area contributed by atoms with Crippen LogP contribution in [0.15, 0.2) is 17.3 Å². The molecule has 3 N–H and O–H groups in total. The molecular weight excluding hydrogens is 239 g/mol. The van der Waals surface area contributed by atoms with E-state index in [1.54, 1.807) is 20.8 Å². The number of benzene rings is 1. The molecular formula is C12H15FN2O3. The third-order valence-corrected chi connectivity index (χ3v) is 2.02. The lowest BCUT2D eigenvalue weighted by Gasteiger charge is -2.20. The van der Waals surface area contributed by atoms with Gasteiger partial charge in [-0.25, -0.2) is 9.18 Å². The summed E-state index contributed by atoms with van der Waals surface area (Å²) in [5.41, 5.74) is 4.44. The van der Waals surface area contributed by atoms with Crippen LogP contribution >= 0.6 is 0 Å². The van der Waals surface area contributed by atoms with Crippen molar-refractivity contribution in [2.45, 2.75) is 26.4 Å². The van der Waals surface area contributed by atoms with E-state index in [-0.39, 0.29) is 16.8 Å². The van der Waals surface area contributed by atoms with Crippen LogP contribution in [0, 0.1) is 5.82 Å². The molecule has 1 aromatic carbocycles. The van der Waals surface area contributed by atoms with E-state index in [9.17, 15) is 9.18 Å². The molecule has 18 heavy (non-hydrogen) atoms. The highest BCUT2D eigenvalue weighted by Gasteiger charge is 2.22. The summed E-state index contributed by atoms with van der Waals surface area (Å²) in [6, 6.07) is 2.58. The number of esters is 1. The minimum Gasteiger partial charge on any atom is -0.456 e. The summed E-state index contributed by atoms with van der Waals surface area (Å²) in [5.74, 6) is -1.67. The van der Waals surface area contributed by atoms with E-state index < -0.39 is 17.4 Å². The number of anilines is 1. The van der Waals surface area contributed by atoms with Crippen molar-refractivity contribution in [2.24, 2.45) is 5.16 Å². The van der Waals surface area contributed by atoms with Gasteiger partial charge in [-0.15, -0.1) is 0 Å². The normalized spacial score (nSPS) is 11.8. The molecule has 0 bridgehead atoms. The highest BCUT2D eigenvalue weighted by atomic mass is 19.1. The Morgan fingerprint density at radius 2 is 2.11 bits per heavy atom. The molecule has 0 radical (unpaired) electrons. The molecule has 0 fully saturated rings.